The molecule has 1 heterocycles. The largest absolute Gasteiger partial charge is 0.461 e. The molecule has 1 amide bonds. The number of hydrogen-bond acceptors (Lipinski definition) is 5. The van der Waals surface area contributed by atoms with E-state index in [0.29, 0.717) is 19.3 Å². The van der Waals surface area contributed by atoms with Gasteiger partial charge in [-0.05, 0) is 19.3 Å². The molecule has 1 aliphatic rings. The van der Waals surface area contributed by atoms with Gasteiger partial charge in [-0.3, -0.25) is 9.59 Å². The average Bonchev–Trinajstić information content (AvgIpc) is 2.75. The number of primary amides is 1. The number of carbonyl (C=O) groups excluding carboxylic acids is 3. The van der Waals surface area contributed by atoms with Gasteiger partial charge in [-0.2, -0.15) is 0 Å². The van der Waals surface area contributed by atoms with Crippen LogP contribution in [0.1, 0.15) is 129 Å². The van der Waals surface area contributed by atoms with E-state index in [1.807, 2.05) is 6.92 Å². The third-order valence-corrected chi connectivity index (χ3v) is 6.56. The Balaban J connectivity index is 2.06. The minimum absolute atomic E-state index is 0.133. The lowest BCUT2D eigenvalue weighted by molar-refractivity contribution is -0.190. The van der Waals surface area contributed by atoms with E-state index in [-0.39, 0.29) is 18.0 Å². The zero-order valence-electron chi connectivity index (χ0n) is 20.6. The molecule has 1 fully saturated rings. The lowest BCUT2D eigenvalue weighted by atomic mass is 9.89. The molecule has 0 aliphatic carbocycles. The first kappa shape index (κ1) is 28.4. The van der Waals surface area contributed by atoms with Crippen molar-refractivity contribution >= 4 is 17.8 Å². The van der Waals surface area contributed by atoms with Crippen molar-refractivity contribution in [3.05, 3.63) is 0 Å². The number of amides is 1. The lowest BCUT2D eigenvalue weighted by Gasteiger charge is -2.36. The molecule has 6 nitrogen and oxygen atoms in total. The summed E-state index contributed by atoms with van der Waals surface area (Å²) in [6.45, 7) is 4.20. The third kappa shape index (κ3) is 12.4. The average molecular weight is 454 g/mol. The Labute approximate surface area is 195 Å². The first-order chi connectivity index (χ1) is 15.5. The fraction of sp³-hybridized carbons (Fsp3) is 0.885. The molecule has 1 rings (SSSR count). The maximum Gasteiger partial charge on any atom is 0.396 e. The number of ether oxygens (including phenoxy) is 2. The van der Waals surface area contributed by atoms with Crippen LogP contribution in [0.15, 0.2) is 0 Å². The number of hydrogen-bond donors (Lipinski definition) is 1. The Hall–Kier alpha value is -1.59. The number of esters is 2. The lowest BCUT2D eigenvalue weighted by Crippen LogP contribution is -2.47. The van der Waals surface area contributed by atoms with Crippen LogP contribution >= 0.6 is 0 Å². The van der Waals surface area contributed by atoms with E-state index in [9.17, 15) is 14.4 Å². The molecule has 6 heteroatoms. The van der Waals surface area contributed by atoms with Crippen LogP contribution in [0.25, 0.3) is 0 Å². The third-order valence-electron chi connectivity index (χ3n) is 6.56. The fourth-order valence-electron chi connectivity index (χ4n) is 4.48. The maximum absolute atomic E-state index is 11.6. The highest BCUT2D eigenvalue weighted by Crippen LogP contribution is 2.30. The first-order valence-electron chi connectivity index (χ1n) is 13.2. The summed E-state index contributed by atoms with van der Waals surface area (Å²) in [5.74, 6) is -2.41. The van der Waals surface area contributed by atoms with Crippen LogP contribution in [-0.4, -0.2) is 30.1 Å². The SMILES string of the molecule is CCCCCCCCCCCCCCCCC[C@@H](C[C@@H]1OC(=O)[C@H]1CC)OC(=O)C(N)=O. The van der Waals surface area contributed by atoms with Crippen LogP contribution in [0.5, 0.6) is 0 Å². The summed E-state index contributed by atoms with van der Waals surface area (Å²) < 4.78 is 10.5. The van der Waals surface area contributed by atoms with E-state index in [2.05, 4.69) is 6.92 Å². The zero-order valence-corrected chi connectivity index (χ0v) is 20.6. The molecule has 0 saturated carbocycles. The predicted octanol–water partition coefficient (Wildman–Crippen LogP) is 5.99. The second-order valence-corrected chi connectivity index (χ2v) is 9.36. The van der Waals surface area contributed by atoms with Crippen molar-refractivity contribution in [3.63, 3.8) is 0 Å². The molecule has 186 valence electrons. The molecule has 0 aromatic heterocycles. The van der Waals surface area contributed by atoms with Gasteiger partial charge in [0, 0.05) is 6.42 Å². The second kappa shape index (κ2) is 17.9. The van der Waals surface area contributed by atoms with Crippen LogP contribution < -0.4 is 5.73 Å². The van der Waals surface area contributed by atoms with Gasteiger partial charge >= 0.3 is 17.8 Å². The van der Waals surface area contributed by atoms with Gasteiger partial charge in [0.1, 0.15) is 12.2 Å². The van der Waals surface area contributed by atoms with Crippen molar-refractivity contribution < 1.29 is 23.9 Å². The van der Waals surface area contributed by atoms with Crippen LogP contribution in [0.4, 0.5) is 0 Å². The Morgan fingerprint density at radius 3 is 1.72 bits per heavy atom. The number of rotatable bonds is 20. The van der Waals surface area contributed by atoms with E-state index < -0.39 is 18.0 Å². The molecule has 1 aliphatic heterocycles. The summed E-state index contributed by atoms with van der Waals surface area (Å²) in [5.41, 5.74) is 5.02. The minimum atomic E-state index is -1.08. The molecule has 1 saturated heterocycles. The Morgan fingerprint density at radius 1 is 0.844 bits per heavy atom. The smallest absolute Gasteiger partial charge is 0.396 e. The van der Waals surface area contributed by atoms with Crippen LogP contribution in [0.3, 0.4) is 0 Å². The topological polar surface area (TPSA) is 95.7 Å². The number of nitrogens with two attached hydrogens (primary N) is 1. The number of cyclic esters (lactones) is 1. The van der Waals surface area contributed by atoms with Gasteiger partial charge < -0.3 is 15.2 Å². The summed E-state index contributed by atoms with van der Waals surface area (Å²) >= 11 is 0. The molecule has 0 spiro atoms. The molecular formula is C26H47NO5. The summed E-state index contributed by atoms with van der Waals surface area (Å²) in [4.78, 5) is 34.2. The van der Waals surface area contributed by atoms with E-state index in [1.54, 1.807) is 0 Å². The van der Waals surface area contributed by atoms with Crippen LogP contribution in [-0.2, 0) is 23.9 Å². The summed E-state index contributed by atoms with van der Waals surface area (Å²) in [6.07, 6.45) is 20.6. The standard InChI is InChI=1S/C26H47NO5/c1-3-5-6-7-8-9-10-11-12-13-14-15-16-17-18-19-21(31-26(30)24(27)28)20-23-22(4-2)25(29)32-23/h21-23H,3-20H2,1-2H3,(H2,27,28)/t21-,22-,23-/m0/s1. The number of unbranched alkanes of at least 4 members (excludes halogenated alkanes) is 14. The minimum Gasteiger partial charge on any atom is -0.461 e. The van der Waals surface area contributed by atoms with E-state index in [4.69, 9.17) is 15.2 Å². The van der Waals surface area contributed by atoms with Crippen molar-refractivity contribution in [2.45, 2.75) is 142 Å². The van der Waals surface area contributed by atoms with Gasteiger partial charge in [0.05, 0.1) is 5.92 Å². The molecule has 32 heavy (non-hydrogen) atoms. The molecule has 3 atom stereocenters. The molecular weight excluding hydrogens is 406 g/mol. The van der Waals surface area contributed by atoms with Crippen molar-refractivity contribution in [1.82, 2.24) is 0 Å². The highest BCUT2D eigenvalue weighted by atomic mass is 16.6. The summed E-state index contributed by atoms with van der Waals surface area (Å²) in [6, 6.07) is 0. The molecule has 2 N–H and O–H groups in total. The quantitative estimate of drug-likeness (QED) is 0.139. The van der Waals surface area contributed by atoms with E-state index in [0.717, 1.165) is 12.8 Å². The normalized spacial score (nSPS) is 18.6. The van der Waals surface area contributed by atoms with Crippen molar-refractivity contribution in [2.75, 3.05) is 0 Å². The van der Waals surface area contributed by atoms with Gasteiger partial charge in [0.2, 0.25) is 0 Å². The van der Waals surface area contributed by atoms with Gasteiger partial charge in [-0.1, -0.05) is 104 Å². The maximum atomic E-state index is 11.6. The summed E-state index contributed by atoms with van der Waals surface area (Å²) in [7, 11) is 0. The van der Waals surface area contributed by atoms with Crippen molar-refractivity contribution in [2.24, 2.45) is 11.7 Å². The predicted molar refractivity (Wildman–Crippen MR) is 127 cm³/mol. The van der Waals surface area contributed by atoms with Gasteiger partial charge in [-0.25, -0.2) is 4.79 Å². The fourth-order valence-corrected chi connectivity index (χ4v) is 4.48. The highest BCUT2D eigenvalue weighted by Gasteiger charge is 2.42. The van der Waals surface area contributed by atoms with Gasteiger partial charge in [-0.15, -0.1) is 0 Å². The highest BCUT2D eigenvalue weighted by molar-refractivity contribution is 6.31. The molecule has 0 aromatic rings. The monoisotopic (exact) mass is 453 g/mol. The Kier molecular flexibility index (Phi) is 15.9. The number of carbonyl (C=O) groups is 3. The van der Waals surface area contributed by atoms with Crippen LogP contribution in [0, 0.1) is 5.92 Å². The summed E-state index contributed by atoms with van der Waals surface area (Å²) in [5, 5.41) is 0. The van der Waals surface area contributed by atoms with Crippen molar-refractivity contribution in [1.29, 1.82) is 0 Å². The van der Waals surface area contributed by atoms with E-state index >= 15 is 0 Å². The Morgan fingerprint density at radius 2 is 1.31 bits per heavy atom. The van der Waals surface area contributed by atoms with Gasteiger partial charge in [0.15, 0.2) is 0 Å². The Bertz CT molecular complexity index is 536. The van der Waals surface area contributed by atoms with Gasteiger partial charge in [0.25, 0.3) is 0 Å². The van der Waals surface area contributed by atoms with Crippen molar-refractivity contribution in [3.8, 4) is 0 Å². The second-order valence-electron chi connectivity index (χ2n) is 9.36. The molecule has 0 aromatic carbocycles. The van der Waals surface area contributed by atoms with E-state index in [1.165, 1.54) is 83.5 Å². The molecule has 0 unspecified atom stereocenters. The molecule has 0 bridgehead atoms. The first-order valence-corrected chi connectivity index (χ1v) is 13.2. The molecule has 0 radical (unpaired) electrons. The zero-order chi connectivity index (χ0) is 23.6. The van der Waals surface area contributed by atoms with Crippen LogP contribution in [0.2, 0.25) is 0 Å².